The minimum atomic E-state index is -0.181. The molecular weight excluding hydrogens is 230 g/mol. The molecule has 0 aliphatic carbocycles. The number of nitrogens with two attached hydrogens (primary N) is 1. The number of hydrogen-bond acceptors (Lipinski definition) is 5. The van der Waals surface area contributed by atoms with Crippen molar-refractivity contribution >= 4 is 0 Å². The topological polar surface area (TPSA) is 51.0 Å². The largest absolute Gasteiger partial charge is 0.356 e. The standard InChI is InChI=1S/C13H31N3O2/c1-7-16(11(2)10-15(3)4)12(9-14)8-13(17-5)18-6/h11-13H,7-10,14H2,1-6H3. The molecule has 0 aromatic heterocycles. The first-order valence-electron chi connectivity index (χ1n) is 6.66. The molecule has 0 rings (SSSR count). The highest BCUT2D eigenvalue weighted by molar-refractivity contribution is 4.79. The van der Waals surface area contributed by atoms with Crippen LogP contribution < -0.4 is 5.73 Å². The molecule has 0 aliphatic rings. The maximum absolute atomic E-state index is 5.91. The zero-order valence-electron chi connectivity index (χ0n) is 12.8. The van der Waals surface area contributed by atoms with Crippen molar-refractivity contribution in [2.24, 2.45) is 5.73 Å². The van der Waals surface area contributed by atoms with Crippen LogP contribution in [0.4, 0.5) is 0 Å². The second kappa shape index (κ2) is 9.69. The van der Waals surface area contributed by atoms with E-state index in [4.69, 9.17) is 15.2 Å². The number of rotatable bonds is 10. The van der Waals surface area contributed by atoms with Crippen LogP contribution in [-0.4, -0.2) is 76.1 Å². The van der Waals surface area contributed by atoms with Gasteiger partial charge in [0.2, 0.25) is 0 Å². The minimum Gasteiger partial charge on any atom is -0.356 e. The predicted molar refractivity (Wildman–Crippen MR) is 75.7 cm³/mol. The van der Waals surface area contributed by atoms with Crippen molar-refractivity contribution in [1.82, 2.24) is 9.80 Å². The normalized spacial score (nSPS) is 15.7. The van der Waals surface area contributed by atoms with E-state index in [0.29, 0.717) is 12.6 Å². The first kappa shape index (κ1) is 17.8. The minimum absolute atomic E-state index is 0.181. The average Bonchev–Trinajstić information content (AvgIpc) is 2.33. The summed E-state index contributed by atoms with van der Waals surface area (Å²) in [4.78, 5) is 4.62. The van der Waals surface area contributed by atoms with Gasteiger partial charge in [0, 0.05) is 45.8 Å². The van der Waals surface area contributed by atoms with E-state index in [2.05, 4.69) is 37.7 Å². The number of nitrogens with zero attached hydrogens (tertiary/aromatic N) is 2. The Bertz CT molecular complexity index is 199. The lowest BCUT2D eigenvalue weighted by atomic mass is 10.1. The molecule has 0 fully saturated rings. The highest BCUT2D eigenvalue weighted by atomic mass is 16.7. The van der Waals surface area contributed by atoms with Crippen molar-refractivity contribution < 1.29 is 9.47 Å². The van der Waals surface area contributed by atoms with Crippen molar-refractivity contribution in [3.8, 4) is 0 Å². The molecule has 2 N–H and O–H groups in total. The van der Waals surface area contributed by atoms with Gasteiger partial charge in [0.05, 0.1) is 0 Å². The monoisotopic (exact) mass is 261 g/mol. The van der Waals surface area contributed by atoms with Crippen LogP contribution in [0, 0.1) is 0 Å². The molecule has 0 heterocycles. The summed E-state index contributed by atoms with van der Waals surface area (Å²) in [6.07, 6.45) is 0.619. The molecule has 0 spiro atoms. The van der Waals surface area contributed by atoms with Crippen molar-refractivity contribution in [3.05, 3.63) is 0 Å². The molecular formula is C13H31N3O2. The third-order valence-corrected chi connectivity index (χ3v) is 3.29. The molecule has 0 saturated carbocycles. The van der Waals surface area contributed by atoms with Crippen LogP contribution in [-0.2, 0) is 9.47 Å². The first-order chi connectivity index (χ1) is 8.49. The fourth-order valence-corrected chi connectivity index (χ4v) is 2.44. The number of likely N-dealkylation sites (N-methyl/N-ethyl adjacent to an activating group) is 2. The predicted octanol–water partition coefficient (Wildman–Crippen LogP) is 0.595. The van der Waals surface area contributed by atoms with Gasteiger partial charge in [-0.2, -0.15) is 0 Å². The molecule has 5 nitrogen and oxygen atoms in total. The smallest absolute Gasteiger partial charge is 0.158 e. The van der Waals surface area contributed by atoms with Crippen LogP contribution in [0.1, 0.15) is 20.3 Å². The van der Waals surface area contributed by atoms with E-state index >= 15 is 0 Å². The van der Waals surface area contributed by atoms with Crippen LogP contribution in [0.25, 0.3) is 0 Å². The lowest BCUT2D eigenvalue weighted by Crippen LogP contribution is -2.50. The number of methoxy groups -OCH3 is 2. The summed E-state index contributed by atoms with van der Waals surface area (Å²) in [5.74, 6) is 0. The molecule has 18 heavy (non-hydrogen) atoms. The highest BCUT2D eigenvalue weighted by Crippen LogP contribution is 2.13. The first-order valence-corrected chi connectivity index (χ1v) is 6.66. The van der Waals surface area contributed by atoms with E-state index < -0.39 is 0 Å². The molecule has 0 aromatic carbocycles. The van der Waals surface area contributed by atoms with Gasteiger partial charge in [-0.15, -0.1) is 0 Å². The zero-order valence-corrected chi connectivity index (χ0v) is 12.8. The van der Waals surface area contributed by atoms with Gasteiger partial charge in [-0.3, -0.25) is 4.90 Å². The van der Waals surface area contributed by atoms with Crippen molar-refractivity contribution in [2.75, 3.05) is 47.9 Å². The maximum atomic E-state index is 5.91. The maximum Gasteiger partial charge on any atom is 0.158 e. The molecule has 0 aromatic rings. The molecule has 2 unspecified atom stereocenters. The lowest BCUT2D eigenvalue weighted by molar-refractivity contribution is -0.118. The van der Waals surface area contributed by atoms with Gasteiger partial charge < -0.3 is 20.1 Å². The van der Waals surface area contributed by atoms with Gasteiger partial charge in [0.25, 0.3) is 0 Å². The Morgan fingerprint density at radius 1 is 1.17 bits per heavy atom. The Labute approximate surface area is 112 Å². The number of ether oxygens (including phenoxy) is 2. The van der Waals surface area contributed by atoms with E-state index in [9.17, 15) is 0 Å². The van der Waals surface area contributed by atoms with Gasteiger partial charge >= 0.3 is 0 Å². The van der Waals surface area contributed by atoms with Crippen LogP contribution in [0.5, 0.6) is 0 Å². The molecule has 0 radical (unpaired) electrons. The van der Waals surface area contributed by atoms with Crippen LogP contribution in [0.15, 0.2) is 0 Å². The Balaban J connectivity index is 4.55. The quantitative estimate of drug-likeness (QED) is 0.584. The van der Waals surface area contributed by atoms with Crippen molar-refractivity contribution in [3.63, 3.8) is 0 Å². The molecule has 0 amide bonds. The third-order valence-electron chi connectivity index (χ3n) is 3.29. The second-order valence-electron chi connectivity index (χ2n) is 4.97. The van der Waals surface area contributed by atoms with Gasteiger partial charge in [-0.1, -0.05) is 6.92 Å². The lowest BCUT2D eigenvalue weighted by Gasteiger charge is -2.37. The number of hydrogen-bond donors (Lipinski definition) is 1. The van der Waals surface area contributed by atoms with Gasteiger partial charge in [-0.25, -0.2) is 0 Å². The molecule has 0 saturated heterocycles. The molecule has 2 atom stereocenters. The van der Waals surface area contributed by atoms with Crippen LogP contribution in [0.3, 0.4) is 0 Å². The van der Waals surface area contributed by atoms with E-state index in [0.717, 1.165) is 19.5 Å². The van der Waals surface area contributed by atoms with E-state index in [1.54, 1.807) is 14.2 Å². The van der Waals surface area contributed by atoms with Gasteiger partial charge in [0.15, 0.2) is 6.29 Å². The Hall–Kier alpha value is -0.200. The fraction of sp³-hybridized carbons (Fsp3) is 1.00. The van der Waals surface area contributed by atoms with Crippen molar-refractivity contribution in [2.45, 2.75) is 38.6 Å². The summed E-state index contributed by atoms with van der Waals surface area (Å²) in [5, 5.41) is 0. The molecule has 0 aliphatic heterocycles. The Morgan fingerprint density at radius 3 is 2.06 bits per heavy atom. The van der Waals surface area contributed by atoms with E-state index in [1.165, 1.54) is 0 Å². The van der Waals surface area contributed by atoms with Crippen LogP contribution in [0.2, 0.25) is 0 Å². The Kier molecular flexibility index (Phi) is 9.59. The fourth-order valence-electron chi connectivity index (χ4n) is 2.44. The molecule has 110 valence electrons. The summed E-state index contributed by atoms with van der Waals surface area (Å²) in [7, 11) is 7.52. The summed E-state index contributed by atoms with van der Waals surface area (Å²) in [6, 6.07) is 0.753. The average molecular weight is 261 g/mol. The Morgan fingerprint density at radius 2 is 1.72 bits per heavy atom. The highest BCUT2D eigenvalue weighted by Gasteiger charge is 2.24. The zero-order chi connectivity index (χ0) is 14.1. The molecule has 0 bridgehead atoms. The molecule has 5 heteroatoms. The summed E-state index contributed by atoms with van der Waals surface area (Å²) < 4.78 is 10.5. The second-order valence-corrected chi connectivity index (χ2v) is 4.97. The van der Waals surface area contributed by atoms with Gasteiger partial charge in [0.1, 0.15) is 0 Å². The third kappa shape index (κ3) is 6.11. The SMILES string of the molecule is CCN(C(C)CN(C)C)C(CN)CC(OC)OC. The summed E-state index contributed by atoms with van der Waals surface area (Å²) in [6.45, 7) is 7.03. The summed E-state index contributed by atoms with van der Waals surface area (Å²) >= 11 is 0. The summed E-state index contributed by atoms with van der Waals surface area (Å²) in [5.41, 5.74) is 5.91. The van der Waals surface area contributed by atoms with E-state index in [1.807, 2.05) is 0 Å². The van der Waals surface area contributed by atoms with Crippen molar-refractivity contribution in [1.29, 1.82) is 0 Å². The van der Waals surface area contributed by atoms with Crippen LogP contribution >= 0.6 is 0 Å². The van der Waals surface area contributed by atoms with E-state index in [-0.39, 0.29) is 12.3 Å². The van der Waals surface area contributed by atoms with Gasteiger partial charge in [-0.05, 0) is 27.6 Å².